The van der Waals surface area contributed by atoms with Gasteiger partial charge in [-0.3, -0.25) is 4.79 Å². The zero-order valence-corrected chi connectivity index (χ0v) is 9.17. The summed E-state index contributed by atoms with van der Waals surface area (Å²) in [7, 11) is 0. The quantitative estimate of drug-likeness (QED) is 0.677. The SMILES string of the molecule is CC(C)[C@H](N)C(=O)NCC1(C)COC1. The Kier molecular flexibility index (Phi) is 3.50. The molecule has 0 saturated carbocycles. The smallest absolute Gasteiger partial charge is 0.237 e. The van der Waals surface area contributed by atoms with Gasteiger partial charge in [-0.25, -0.2) is 0 Å². The minimum absolute atomic E-state index is 0.0619. The van der Waals surface area contributed by atoms with Crippen molar-refractivity contribution >= 4 is 5.91 Å². The highest BCUT2D eigenvalue weighted by Crippen LogP contribution is 2.25. The van der Waals surface area contributed by atoms with Crippen LogP contribution in [0.1, 0.15) is 20.8 Å². The molecule has 0 aromatic rings. The largest absolute Gasteiger partial charge is 0.380 e. The average molecular weight is 200 g/mol. The zero-order chi connectivity index (χ0) is 10.8. The fourth-order valence-electron chi connectivity index (χ4n) is 1.27. The van der Waals surface area contributed by atoms with Crippen molar-refractivity contribution in [1.82, 2.24) is 5.32 Å². The van der Waals surface area contributed by atoms with Crippen LogP contribution in [0.25, 0.3) is 0 Å². The van der Waals surface area contributed by atoms with Gasteiger partial charge in [-0.2, -0.15) is 0 Å². The minimum atomic E-state index is -0.403. The highest BCUT2D eigenvalue weighted by molar-refractivity contribution is 5.81. The van der Waals surface area contributed by atoms with E-state index in [1.54, 1.807) is 0 Å². The third-order valence-electron chi connectivity index (χ3n) is 2.61. The first-order chi connectivity index (χ1) is 6.44. The molecule has 0 aromatic carbocycles. The van der Waals surface area contributed by atoms with E-state index in [4.69, 9.17) is 10.5 Å². The Bertz CT molecular complexity index is 212. The molecule has 4 heteroatoms. The molecule has 1 heterocycles. The number of carbonyl (C=O) groups excluding carboxylic acids is 1. The summed E-state index contributed by atoms with van der Waals surface area (Å²) < 4.78 is 5.10. The molecule has 1 amide bonds. The van der Waals surface area contributed by atoms with Gasteiger partial charge in [0, 0.05) is 12.0 Å². The third-order valence-corrected chi connectivity index (χ3v) is 2.61. The number of carbonyl (C=O) groups is 1. The molecule has 1 aliphatic rings. The van der Waals surface area contributed by atoms with Crippen LogP contribution in [0.4, 0.5) is 0 Å². The summed E-state index contributed by atoms with van der Waals surface area (Å²) >= 11 is 0. The number of hydrogen-bond acceptors (Lipinski definition) is 3. The molecule has 82 valence electrons. The number of rotatable bonds is 4. The number of nitrogens with one attached hydrogen (secondary N) is 1. The number of amides is 1. The van der Waals surface area contributed by atoms with E-state index in [-0.39, 0.29) is 17.2 Å². The molecular weight excluding hydrogens is 180 g/mol. The number of ether oxygens (including phenoxy) is 1. The molecular formula is C10H20N2O2. The van der Waals surface area contributed by atoms with Crippen molar-refractivity contribution in [2.75, 3.05) is 19.8 Å². The molecule has 1 rings (SSSR count). The van der Waals surface area contributed by atoms with E-state index in [1.165, 1.54) is 0 Å². The van der Waals surface area contributed by atoms with Crippen molar-refractivity contribution < 1.29 is 9.53 Å². The fourth-order valence-corrected chi connectivity index (χ4v) is 1.27. The molecule has 0 aliphatic carbocycles. The van der Waals surface area contributed by atoms with E-state index in [1.807, 2.05) is 13.8 Å². The molecule has 14 heavy (non-hydrogen) atoms. The predicted molar refractivity (Wildman–Crippen MR) is 54.7 cm³/mol. The van der Waals surface area contributed by atoms with Gasteiger partial charge in [0.2, 0.25) is 5.91 Å². The van der Waals surface area contributed by atoms with E-state index in [0.29, 0.717) is 6.54 Å². The maximum atomic E-state index is 11.5. The second kappa shape index (κ2) is 4.28. The van der Waals surface area contributed by atoms with Gasteiger partial charge in [0.05, 0.1) is 19.3 Å². The summed E-state index contributed by atoms with van der Waals surface area (Å²) in [5.74, 6) is 0.119. The molecule has 1 aliphatic heterocycles. The maximum Gasteiger partial charge on any atom is 0.237 e. The lowest BCUT2D eigenvalue weighted by atomic mass is 9.88. The Labute approximate surface area is 85.2 Å². The highest BCUT2D eigenvalue weighted by Gasteiger charge is 2.34. The van der Waals surface area contributed by atoms with Crippen LogP contribution >= 0.6 is 0 Å². The lowest BCUT2D eigenvalue weighted by Crippen LogP contribution is -2.52. The first-order valence-electron chi connectivity index (χ1n) is 5.06. The molecule has 1 saturated heterocycles. The second-order valence-electron chi connectivity index (χ2n) is 4.79. The van der Waals surface area contributed by atoms with Crippen LogP contribution in [0, 0.1) is 11.3 Å². The van der Waals surface area contributed by atoms with Gasteiger partial charge in [-0.05, 0) is 5.92 Å². The lowest BCUT2D eigenvalue weighted by Gasteiger charge is -2.38. The summed E-state index contributed by atoms with van der Waals surface area (Å²) in [6, 6.07) is -0.403. The molecule has 0 radical (unpaired) electrons. The van der Waals surface area contributed by atoms with Crippen molar-refractivity contribution in [1.29, 1.82) is 0 Å². The van der Waals surface area contributed by atoms with Gasteiger partial charge in [-0.15, -0.1) is 0 Å². The summed E-state index contributed by atoms with van der Waals surface area (Å²) in [5.41, 5.74) is 5.82. The summed E-state index contributed by atoms with van der Waals surface area (Å²) in [6.45, 7) is 8.09. The van der Waals surface area contributed by atoms with E-state index in [9.17, 15) is 4.79 Å². The average Bonchev–Trinajstić information content (AvgIpc) is 2.09. The van der Waals surface area contributed by atoms with Crippen molar-refractivity contribution in [2.24, 2.45) is 17.1 Å². The first-order valence-corrected chi connectivity index (χ1v) is 5.06. The highest BCUT2D eigenvalue weighted by atomic mass is 16.5. The minimum Gasteiger partial charge on any atom is -0.380 e. The number of hydrogen-bond donors (Lipinski definition) is 2. The fraction of sp³-hybridized carbons (Fsp3) is 0.900. The van der Waals surface area contributed by atoms with E-state index in [0.717, 1.165) is 13.2 Å². The van der Waals surface area contributed by atoms with Crippen molar-refractivity contribution in [3.63, 3.8) is 0 Å². The zero-order valence-electron chi connectivity index (χ0n) is 9.17. The molecule has 0 spiro atoms. The molecule has 1 atom stereocenters. The van der Waals surface area contributed by atoms with Gasteiger partial charge >= 0.3 is 0 Å². The molecule has 0 bridgehead atoms. The van der Waals surface area contributed by atoms with Gasteiger partial charge in [0.15, 0.2) is 0 Å². The van der Waals surface area contributed by atoms with E-state index in [2.05, 4.69) is 12.2 Å². The maximum absolute atomic E-state index is 11.5. The van der Waals surface area contributed by atoms with E-state index >= 15 is 0 Å². The molecule has 4 nitrogen and oxygen atoms in total. The van der Waals surface area contributed by atoms with Crippen LogP contribution in [-0.4, -0.2) is 31.7 Å². The van der Waals surface area contributed by atoms with Gasteiger partial charge in [0.25, 0.3) is 0 Å². The van der Waals surface area contributed by atoms with Crippen LogP contribution in [0.2, 0.25) is 0 Å². The van der Waals surface area contributed by atoms with Gasteiger partial charge in [0.1, 0.15) is 0 Å². The van der Waals surface area contributed by atoms with E-state index < -0.39 is 6.04 Å². The van der Waals surface area contributed by atoms with Crippen LogP contribution < -0.4 is 11.1 Å². The Balaban J connectivity index is 2.27. The monoisotopic (exact) mass is 200 g/mol. The van der Waals surface area contributed by atoms with Gasteiger partial charge < -0.3 is 15.8 Å². The van der Waals surface area contributed by atoms with Crippen molar-refractivity contribution in [2.45, 2.75) is 26.8 Å². The summed E-state index contributed by atoms with van der Waals surface area (Å²) in [4.78, 5) is 11.5. The Morgan fingerprint density at radius 3 is 2.50 bits per heavy atom. The summed E-state index contributed by atoms with van der Waals surface area (Å²) in [6.07, 6.45) is 0. The normalized spacial score (nSPS) is 21.5. The molecule has 0 aromatic heterocycles. The van der Waals surface area contributed by atoms with Crippen molar-refractivity contribution in [3.8, 4) is 0 Å². The predicted octanol–water partition coefficient (Wildman–Crippen LogP) is 0.122. The molecule has 3 N–H and O–H groups in total. The second-order valence-corrected chi connectivity index (χ2v) is 4.79. The Morgan fingerprint density at radius 2 is 2.14 bits per heavy atom. The van der Waals surface area contributed by atoms with Crippen LogP contribution in [0.5, 0.6) is 0 Å². The van der Waals surface area contributed by atoms with Crippen LogP contribution in [-0.2, 0) is 9.53 Å². The standard InChI is InChI=1S/C10H20N2O2/c1-7(2)8(11)9(13)12-4-10(3)5-14-6-10/h7-8H,4-6,11H2,1-3H3,(H,12,13)/t8-/m0/s1. The Morgan fingerprint density at radius 1 is 1.57 bits per heavy atom. The topological polar surface area (TPSA) is 64.4 Å². The molecule has 0 unspecified atom stereocenters. The third kappa shape index (κ3) is 2.69. The molecule has 1 fully saturated rings. The van der Waals surface area contributed by atoms with Crippen molar-refractivity contribution in [3.05, 3.63) is 0 Å². The first kappa shape index (κ1) is 11.5. The lowest BCUT2D eigenvalue weighted by molar-refractivity contribution is -0.128. The van der Waals surface area contributed by atoms with Crippen LogP contribution in [0.3, 0.4) is 0 Å². The number of nitrogens with two attached hydrogens (primary N) is 1. The van der Waals surface area contributed by atoms with Gasteiger partial charge in [-0.1, -0.05) is 20.8 Å². The Hall–Kier alpha value is -0.610. The summed E-state index contributed by atoms with van der Waals surface area (Å²) in [5, 5.41) is 2.86. The van der Waals surface area contributed by atoms with Crippen LogP contribution in [0.15, 0.2) is 0 Å².